The molecule has 0 radical (unpaired) electrons. The molecule has 1 unspecified atom stereocenters. The molecule has 0 amide bonds. The van der Waals surface area contributed by atoms with Gasteiger partial charge in [-0.25, -0.2) is 8.42 Å². The first-order chi connectivity index (χ1) is 9.75. The van der Waals surface area contributed by atoms with Gasteiger partial charge in [-0.2, -0.15) is 0 Å². The average Bonchev–Trinajstić information content (AvgIpc) is 2.70. The number of hydrogen-bond donors (Lipinski definition) is 1. The normalized spacial score (nSPS) is 23.9. The number of rotatable bonds is 5. The van der Waals surface area contributed by atoms with Gasteiger partial charge in [-0.1, -0.05) is 6.07 Å². The second kappa shape index (κ2) is 5.61. The highest BCUT2D eigenvalue weighted by Crippen LogP contribution is 2.28. The van der Waals surface area contributed by atoms with Gasteiger partial charge in [0.15, 0.2) is 15.6 Å². The molecule has 7 nitrogen and oxygen atoms in total. The molecular weight excluding hydrogens is 296 g/mol. The molecule has 1 aromatic rings. The van der Waals surface area contributed by atoms with Crippen LogP contribution in [0.25, 0.3) is 0 Å². The van der Waals surface area contributed by atoms with Crippen LogP contribution in [0.15, 0.2) is 18.2 Å². The Morgan fingerprint density at radius 1 is 1.48 bits per heavy atom. The predicted molar refractivity (Wildman–Crippen MR) is 78.2 cm³/mol. The summed E-state index contributed by atoms with van der Waals surface area (Å²) in [5, 5.41) is 14.2. The van der Waals surface area contributed by atoms with Crippen LogP contribution in [0.4, 0.5) is 5.69 Å². The van der Waals surface area contributed by atoms with Gasteiger partial charge in [0.1, 0.15) is 0 Å². The van der Waals surface area contributed by atoms with Crippen LogP contribution in [-0.2, 0) is 16.4 Å². The highest BCUT2D eigenvalue weighted by atomic mass is 32.2. The Balaban J connectivity index is 2.11. The van der Waals surface area contributed by atoms with Crippen molar-refractivity contribution in [3.8, 4) is 5.75 Å². The van der Waals surface area contributed by atoms with Crippen LogP contribution in [0.3, 0.4) is 0 Å². The number of nitro benzene ring substituents is 1. The number of sulfone groups is 1. The summed E-state index contributed by atoms with van der Waals surface area (Å²) in [7, 11) is -1.60. The number of methoxy groups -OCH3 is 1. The first-order valence-electron chi connectivity index (χ1n) is 6.51. The Morgan fingerprint density at radius 2 is 2.19 bits per heavy atom. The first kappa shape index (κ1) is 15.7. The summed E-state index contributed by atoms with van der Waals surface area (Å²) in [5.41, 5.74) is 0.141. The number of nitrogens with one attached hydrogen (secondary N) is 1. The smallest absolute Gasteiger partial charge is 0.311 e. The third kappa shape index (κ3) is 3.70. The number of nitrogens with zero attached hydrogens (tertiary/aromatic N) is 1. The quantitative estimate of drug-likeness (QED) is 0.649. The Kier molecular flexibility index (Phi) is 4.20. The lowest BCUT2D eigenvalue weighted by Crippen LogP contribution is -2.42. The van der Waals surface area contributed by atoms with Crippen molar-refractivity contribution in [2.45, 2.75) is 25.4 Å². The van der Waals surface area contributed by atoms with Gasteiger partial charge in [-0.3, -0.25) is 10.1 Å². The topological polar surface area (TPSA) is 98.5 Å². The summed E-state index contributed by atoms with van der Waals surface area (Å²) in [4.78, 5) is 10.5. The predicted octanol–water partition coefficient (Wildman–Crippen LogP) is 1.27. The highest BCUT2D eigenvalue weighted by Gasteiger charge is 2.37. The van der Waals surface area contributed by atoms with E-state index in [1.807, 2.05) is 6.92 Å². The zero-order chi connectivity index (χ0) is 15.7. The van der Waals surface area contributed by atoms with Crippen molar-refractivity contribution in [1.29, 1.82) is 0 Å². The second-order valence-corrected chi connectivity index (χ2v) is 7.70. The van der Waals surface area contributed by atoms with Gasteiger partial charge in [0.2, 0.25) is 0 Å². The van der Waals surface area contributed by atoms with Crippen molar-refractivity contribution in [2.75, 3.05) is 18.6 Å². The van der Waals surface area contributed by atoms with Gasteiger partial charge < -0.3 is 10.1 Å². The lowest BCUT2D eigenvalue weighted by Gasteiger charge is -2.24. The summed E-state index contributed by atoms with van der Waals surface area (Å²) in [6, 6.07) is 4.72. The van der Waals surface area contributed by atoms with E-state index in [4.69, 9.17) is 4.74 Å². The van der Waals surface area contributed by atoms with Crippen LogP contribution >= 0.6 is 0 Å². The summed E-state index contributed by atoms with van der Waals surface area (Å²) in [6.07, 6.45) is 0.549. The van der Waals surface area contributed by atoms with Gasteiger partial charge in [-0.05, 0) is 25.0 Å². The van der Waals surface area contributed by atoms with Crippen LogP contribution in [0.1, 0.15) is 18.9 Å². The highest BCUT2D eigenvalue weighted by molar-refractivity contribution is 7.91. The molecule has 1 heterocycles. The number of benzene rings is 1. The zero-order valence-corrected chi connectivity index (χ0v) is 12.8. The number of nitro groups is 1. The van der Waals surface area contributed by atoms with E-state index in [0.717, 1.165) is 0 Å². The van der Waals surface area contributed by atoms with Crippen molar-refractivity contribution in [3.63, 3.8) is 0 Å². The van der Waals surface area contributed by atoms with E-state index in [-0.39, 0.29) is 22.9 Å². The molecular formula is C13H18N2O5S. The zero-order valence-electron chi connectivity index (χ0n) is 12.0. The van der Waals surface area contributed by atoms with E-state index in [2.05, 4.69) is 5.32 Å². The Hall–Kier alpha value is -1.67. The first-order valence-corrected chi connectivity index (χ1v) is 8.34. The maximum Gasteiger partial charge on any atom is 0.311 e. The monoisotopic (exact) mass is 314 g/mol. The maximum atomic E-state index is 11.5. The Labute approximate surface area is 123 Å². The van der Waals surface area contributed by atoms with E-state index in [9.17, 15) is 18.5 Å². The van der Waals surface area contributed by atoms with E-state index >= 15 is 0 Å². The fourth-order valence-electron chi connectivity index (χ4n) is 2.45. The summed E-state index contributed by atoms with van der Waals surface area (Å²) < 4.78 is 28.0. The van der Waals surface area contributed by atoms with Crippen molar-refractivity contribution in [2.24, 2.45) is 0 Å². The molecule has 1 aromatic carbocycles. The molecule has 8 heteroatoms. The largest absolute Gasteiger partial charge is 0.490 e. The molecule has 0 saturated carbocycles. The average molecular weight is 314 g/mol. The molecule has 1 aliphatic heterocycles. The van der Waals surface area contributed by atoms with Crippen LogP contribution in [-0.4, -0.2) is 37.5 Å². The van der Waals surface area contributed by atoms with Crippen LogP contribution in [0.2, 0.25) is 0 Å². The minimum atomic E-state index is -2.98. The minimum Gasteiger partial charge on any atom is -0.490 e. The lowest BCUT2D eigenvalue weighted by atomic mass is 10.0. The maximum absolute atomic E-state index is 11.5. The van der Waals surface area contributed by atoms with Crippen molar-refractivity contribution in [1.82, 2.24) is 5.32 Å². The van der Waals surface area contributed by atoms with Crippen molar-refractivity contribution >= 4 is 15.5 Å². The molecule has 0 aromatic heterocycles. The molecule has 1 N–H and O–H groups in total. The molecule has 2 rings (SSSR count). The summed E-state index contributed by atoms with van der Waals surface area (Å²) in [6.45, 7) is 2.23. The number of hydrogen-bond acceptors (Lipinski definition) is 6. The fourth-order valence-corrected chi connectivity index (χ4v) is 4.58. The van der Waals surface area contributed by atoms with E-state index in [1.165, 1.54) is 13.2 Å². The molecule has 0 spiro atoms. The summed E-state index contributed by atoms with van der Waals surface area (Å²) in [5.74, 6) is 0.482. The van der Waals surface area contributed by atoms with Crippen molar-refractivity contribution in [3.05, 3.63) is 33.9 Å². The van der Waals surface area contributed by atoms with Gasteiger partial charge in [0.05, 0.1) is 23.5 Å². The van der Waals surface area contributed by atoms with Gasteiger partial charge in [-0.15, -0.1) is 0 Å². The van der Waals surface area contributed by atoms with Gasteiger partial charge in [0.25, 0.3) is 0 Å². The molecule has 1 atom stereocenters. The fraction of sp³-hybridized carbons (Fsp3) is 0.538. The Bertz CT molecular complexity index is 659. The lowest BCUT2D eigenvalue weighted by molar-refractivity contribution is -0.385. The Morgan fingerprint density at radius 3 is 2.71 bits per heavy atom. The van der Waals surface area contributed by atoms with E-state index in [0.29, 0.717) is 18.5 Å². The van der Waals surface area contributed by atoms with Crippen LogP contribution < -0.4 is 10.1 Å². The molecule has 1 aliphatic rings. The third-order valence-corrected chi connectivity index (χ3v) is 5.57. The van der Waals surface area contributed by atoms with E-state index < -0.39 is 20.3 Å². The third-order valence-electron chi connectivity index (χ3n) is 3.66. The minimum absolute atomic E-state index is 0.0955. The van der Waals surface area contributed by atoms with E-state index in [1.54, 1.807) is 12.1 Å². The second-order valence-electron chi connectivity index (χ2n) is 5.52. The van der Waals surface area contributed by atoms with Crippen LogP contribution in [0.5, 0.6) is 5.75 Å². The molecule has 1 saturated heterocycles. The molecule has 116 valence electrons. The molecule has 0 aliphatic carbocycles. The van der Waals surface area contributed by atoms with Gasteiger partial charge in [0, 0.05) is 18.2 Å². The molecule has 0 bridgehead atoms. The SMILES string of the molecule is COc1ccc(CNC2(C)CCS(=O)(=O)C2)cc1[N+](=O)[O-]. The number of ether oxygens (including phenoxy) is 1. The standard InChI is InChI=1S/C13H18N2O5S/c1-13(5-6-21(18,19)9-13)14-8-10-3-4-12(20-2)11(7-10)15(16)17/h3-4,7,14H,5-6,8-9H2,1-2H3. The van der Waals surface area contributed by atoms with Crippen molar-refractivity contribution < 1.29 is 18.1 Å². The molecule has 21 heavy (non-hydrogen) atoms. The van der Waals surface area contributed by atoms with Gasteiger partial charge >= 0.3 is 5.69 Å². The summed E-state index contributed by atoms with van der Waals surface area (Å²) >= 11 is 0. The molecule has 1 fully saturated rings. The van der Waals surface area contributed by atoms with Crippen LogP contribution in [0, 0.1) is 10.1 Å².